The van der Waals surface area contributed by atoms with E-state index >= 15 is 0 Å². The molecular weight excluding hydrogens is 366 g/mol. The van der Waals surface area contributed by atoms with Gasteiger partial charge in [-0.2, -0.15) is 0 Å². The van der Waals surface area contributed by atoms with Crippen LogP contribution in [0, 0.1) is 5.41 Å². The number of nitrogens with zero attached hydrogens (tertiary/aromatic N) is 1. The maximum Gasteiger partial charge on any atom is 0.313 e. The van der Waals surface area contributed by atoms with Gasteiger partial charge in [0, 0.05) is 24.7 Å². The number of aliphatic carboxylic acids is 1. The van der Waals surface area contributed by atoms with Gasteiger partial charge < -0.3 is 19.5 Å². The molecule has 1 saturated heterocycles. The van der Waals surface area contributed by atoms with E-state index in [2.05, 4.69) is 15.9 Å². The minimum atomic E-state index is -1.03. The Labute approximate surface area is 143 Å². The fraction of sp³-hybridized carbons (Fsp3) is 0.500. The van der Waals surface area contributed by atoms with Crippen LogP contribution in [0.4, 0.5) is 0 Å². The van der Waals surface area contributed by atoms with Crippen molar-refractivity contribution in [3.63, 3.8) is 0 Å². The molecule has 2 rings (SSSR count). The number of carboxylic acids is 1. The predicted octanol–water partition coefficient (Wildman–Crippen LogP) is 2.17. The van der Waals surface area contributed by atoms with E-state index in [9.17, 15) is 14.7 Å². The topological polar surface area (TPSA) is 76.1 Å². The van der Waals surface area contributed by atoms with Crippen molar-refractivity contribution in [2.75, 3.05) is 26.8 Å². The highest BCUT2D eigenvalue weighted by molar-refractivity contribution is 9.10. The van der Waals surface area contributed by atoms with Crippen molar-refractivity contribution >= 4 is 27.8 Å². The average Bonchev–Trinajstić information content (AvgIpc) is 2.95. The van der Waals surface area contributed by atoms with Crippen molar-refractivity contribution in [2.24, 2.45) is 5.41 Å². The molecule has 1 fully saturated rings. The van der Waals surface area contributed by atoms with Crippen LogP contribution < -0.4 is 4.74 Å². The van der Waals surface area contributed by atoms with Gasteiger partial charge in [0.1, 0.15) is 11.2 Å². The van der Waals surface area contributed by atoms with Crippen molar-refractivity contribution < 1.29 is 24.2 Å². The van der Waals surface area contributed by atoms with Gasteiger partial charge in [0.25, 0.3) is 5.91 Å². The Hall–Kier alpha value is -1.60. The van der Waals surface area contributed by atoms with Gasteiger partial charge in [-0.3, -0.25) is 9.59 Å². The Morgan fingerprint density at radius 3 is 2.61 bits per heavy atom. The molecule has 0 radical (unpaired) electrons. The molecule has 7 heteroatoms. The number of likely N-dealkylation sites (tertiary alicyclic amines) is 1. The maximum atomic E-state index is 12.5. The summed E-state index contributed by atoms with van der Waals surface area (Å²) >= 11 is 3.34. The van der Waals surface area contributed by atoms with Gasteiger partial charge in [-0.15, -0.1) is 0 Å². The molecule has 1 aromatic carbocycles. The van der Waals surface area contributed by atoms with Crippen molar-refractivity contribution in [2.45, 2.75) is 19.4 Å². The quantitative estimate of drug-likeness (QED) is 0.811. The normalized spacial score (nSPS) is 22.0. The second-order valence-corrected chi connectivity index (χ2v) is 6.66. The molecule has 0 spiro atoms. The van der Waals surface area contributed by atoms with Gasteiger partial charge in [0.2, 0.25) is 0 Å². The molecule has 1 N–H and O–H groups in total. The van der Waals surface area contributed by atoms with Gasteiger partial charge in [0.15, 0.2) is 6.10 Å². The highest BCUT2D eigenvalue weighted by atomic mass is 79.9. The minimum absolute atomic E-state index is 0.0913. The summed E-state index contributed by atoms with van der Waals surface area (Å²) < 4.78 is 11.6. The SMILES string of the molecule is COCC1(C(=O)O)CCN(C(=O)C(C)Oc2ccc(Br)cc2)C1. The molecule has 1 aliphatic rings. The molecule has 126 valence electrons. The van der Waals surface area contributed by atoms with E-state index in [0.717, 1.165) is 4.47 Å². The lowest BCUT2D eigenvalue weighted by Gasteiger charge is -2.25. The molecule has 0 aromatic heterocycles. The summed E-state index contributed by atoms with van der Waals surface area (Å²) in [5.74, 6) is -0.557. The fourth-order valence-corrected chi connectivity index (χ4v) is 2.98. The Kier molecular flexibility index (Phi) is 5.64. The summed E-state index contributed by atoms with van der Waals surface area (Å²) in [5, 5.41) is 9.44. The number of methoxy groups -OCH3 is 1. The Bertz CT molecular complexity index is 576. The summed E-state index contributed by atoms with van der Waals surface area (Å²) in [4.78, 5) is 25.5. The average molecular weight is 386 g/mol. The highest BCUT2D eigenvalue weighted by Crippen LogP contribution is 2.32. The van der Waals surface area contributed by atoms with E-state index in [1.807, 2.05) is 12.1 Å². The van der Waals surface area contributed by atoms with Crippen LogP contribution in [0.3, 0.4) is 0 Å². The smallest absolute Gasteiger partial charge is 0.313 e. The van der Waals surface area contributed by atoms with Crippen molar-refractivity contribution in [1.82, 2.24) is 4.90 Å². The molecule has 0 bridgehead atoms. The van der Waals surface area contributed by atoms with E-state index < -0.39 is 17.5 Å². The van der Waals surface area contributed by atoms with Crippen LogP contribution in [0.5, 0.6) is 5.75 Å². The number of carboxylic acid groups (broad SMARTS) is 1. The number of halogens is 1. The van der Waals surface area contributed by atoms with Gasteiger partial charge in [-0.25, -0.2) is 0 Å². The number of carbonyl (C=O) groups excluding carboxylic acids is 1. The minimum Gasteiger partial charge on any atom is -0.481 e. The van der Waals surface area contributed by atoms with Gasteiger partial charge in [0.05, 0.1) is 6.61 Å². The van der Waals surface area contributed by atoms with Gasteiger partial charge in [-0.1, -0.05) is 15.9 Å². The molecule has 0 aliphatic carbocycles. The third kappa shape index (κ3) is 4.03. The molecule has 0 saturated carbocycles. The van der Waals surface area contributed by atoms with Crippen LogP contribution in [0.1, 0.15) is 13.3 Å². The summed E-state index contributed by atoms with van der Waals surface area (Å²) in [6.45, 7) is 2.29. The molecule has 2 atom stereocenters. The third-order valence-corrected chi connectivity index (χ3v) is 4.54. The number of benzene rings is 1. The molecule has 1 heterocycles. The van der Waals surface area contributed by atoms with E-state index in [4.69, 9.17) is 9.47 Å². The third-order valence-electron chi connectivity index (χ3n) is 4.01. The molecule has 6 nitrogen and oxygen atoms in total. The second-order valence-electron chi connectivity index (χ2n) is 5.74. The highest BCUT2D eigenvalue weighted by Gasteiger charge is 2.47. The Morgan fingerprint density at radius 2 is 2.04 bits per heavy atom. The van der Waals surface area contributed by atoms with Gasteiger partial charge in [-0.05, 0) is 37.6 Å². The first-order chi connectivity index (χ1) is 10.9. The first-order valence-corrected chi connectivity index (χ1v) is 8.10. The summed E-state index contributed by atoms with van der Waals surface area (Å²) in [6, 6.07) is 7.20. The van der Waals surface area contributed by atoms with Crippen molar-refractivity contribution in [3.05, 3.63) is 28.7 Å². The Morgan fingerprint density at radius 1 is 1.39 bits per heavy atom. The zero-order chi connectivity index (χ0) is 17.0. The van der Waals surface area contributed by atoms with Crippen LogP contribution in [0.2, 0.25) is 0 Å². The molecule has 1 aliphatic heterocycles. The number of carbonyl (C=O) groups is 2. The monoisotopic (exact) mass is 385 g/mol. The largest absolute Gasteiger partial charge is 0.481 e. The lowest BCUT2D eigenvalue weighted by Crippen LogP contribution is -2.43. The van der Waals surface area contributed by atoms with Gasteiger partial charge >= 0.3 is 5.97 Å². The van der Waals surface area contributed by atoms with E-state index in [0.29, 0.717) is 18.7 Å². The van der Waals surface area contributed by atoms with Crippen LogP contribution >= 0.6 is 15.9 Å². The Balaban J connectivity index is 2.00. The number of rotatable bonds is 6. The molecule has 23 heavy (non-hydrogen) atoms. The van der Waals surface area contributed by atoms with Crippen LogP contribution in [-0.2, 0) is 14.3 Å². The van der Waals surface area contributed by atoms with E-state index in [-0.39, 0.29) is 19.1 Å². The summed E-state index contributed by atoms with van der Waals surface area (Å²) in [5.41, 5.74) is -1.03. The zero-order valence-electron chi connectivity index (χ0n) is 13.1. The zero-order valence-corrected chi connectivity index (χ0v) is 14.7. The molecule has 1 amide bonds. The van der Waals surface area contributed by atoms with Crippen LogP contribution in [0.15, 0.2) is 28.7 Å². The maximum absolute atomic E-state index is 12.5. The first kappa shape index (κ1) is 17.7. The summed E-state index contributed by atoms with van der Waals surface area (Å²) in [7, 11) is 1.47. The number of amides is 1. The van der Waals surface area contributed by atoms with Crippen LogP contribution in [0.25, 0.3) is 0 Å². The van der Waals surface area contributed by atoms with Crippen LogP contribution in [-0.4, -0.2) is 54.8 Å². The first-order valence-electron chi connectivity index (χ1n) is 7.31. The summed E-state index contributed by atoms with van der Waals surface area (Å²) in [6.07, 6.45) is -0.296. The molecule has 1 aromatic rings. The van der Waals surface area contributed by atoms with E-state index in [1.165, 1.54) is 12.0 Å². The lowest BCUT2D eigenvalue weighted by atomic mass is 9.88. The number of hydrogen-bond donors (Lipinski definition) is 1. The number of ether oxygens (including phenoxy) is 2. The fourth-order valence-electron chi connectivity index (χ4n) is 2.72. The lowest BCUT2D eigenvalue weighted by molar-refractivity contribution is -0.152. The van der Waals surface area contributed by atoms with Crippen molar-refractivity contribution in [1.29, 1.82) is 0 Å². The second kappa shape index (κ2) is 7.31. The van der Waals surface area contributed by atoms with E-state index in [1.54, 1.807) is 19.1 Å². The standard InChI is InChI=1S/C16H20BrNO5/c1-11(23-13-5-3-12(17)4-6-13)14(19)18-8-7-16(9-18,10-22-2)15(20)21/h3-6,11H,7-10H2,1-2H3,(H,20,21). The predicted molar refractivity (Wildman–Crippen MR) is 87.4 cm³/mol. The van der Waals surface area contributed by atoms with Crippen molar-refractivity contribution in [3.8, 4) is 5.75 Å². The number of hydrogen-bond acceptors (Lipinski definition) is 4. The molecule has 2 unspecified atom stereocenters. The molecular formula is C16H20BrNO5.